The van der Waals surface area contributed by atoms with Crippen molar-refractivity contribution in [3.05, 3.63) is 0 Å². The normalized spacial score (nSPS) is 8.29. The Morgan fingerprint density at radius 3 is 1.14 bits per heavy atom. The number of hydrogen-bond donors (Lipinski definition) is 0. The molecule has 0 fully saturated rings. The van der Waals surface area contributed by atoms with Gasteiger partial charge in [0.05, 0.1) is 0 Å². The second-order valence-electron chi connectivity index (χ2n) is 0.408. The fourth-order valence-electron chi connectivity index (χ4n) is 0. The van der Waals surface area contributed by atoms with Gasteiger partial charge in [0, 0.05) is 32.8 Å². The molecule has 1 radical (unpaired) electrons. The molecule has 0 aromatic heterocycles. The van der Waals surface area contributed by atoms with Crippen LogP contribution in [-0.2, 0) is 32.8 Å². The molecule has 0 aliphatic carbocycles. The summed E-state index contributed by atoms with van der Waals surface area (Å²) < 4.78 is 34.1. The van der Waals surface area contributed by atoms with Gasteiger partial charge in [-0.1, -0.05) is 0 Å². The Kier molecular flexibility index (Phi) is 14.5. The average Bonchev–Trinajstić information content (AvgIpc) is 0.722. The standard InChI is InChI=1S/Au.Ba.H2O4S/c;;1-5(2,3)4/h;;(H2,1,2,3,4)/q;+2;/p-2. The van der Waals surface area contributed by atoms with E-state index in [4.69, 9.17) is 17.5 Å². The Hall–Kier alpha value is 2.18. The molecule has 0 saturated heterocycles. The van der Waals surface area contributed by atoms with E-state index in [1.165, 1.54) is 0 Å². The van der Waals surface area contributed by atoms with Crippen LogP contribution in [-0.4, -0.2) is 66.4 Å². The monoisotopic (exact) mass is 431 g/mol. The molecule has 0 amide bonds. The second kappa shape index (κ2) is 6.30. The van der Waals surface area contributed by atoms with Gasteiger partial charge in [0.1, 0.15) is 0 Å². The van der Waals surface area contributed by atoms with Crippen molar-refractivity contribution in [3.63, 3.8) is 0 Å². The van der Waals surface area contributed by atoms with Crippen molar-refractivity contribution in [2.24, 2.45) is 0 Å². The maximum atomic E-state index is 8.52. The minimum Gasteiger partial charge on any atom is -0.759 e. The maximum Gasteiger partial charge on any atom is 2.00 e. The van der Waals surface area contributed by atoms with Gasteiger partial charge in [-0.25, -0.2) is 0 Å². The van der Waals surface area contributed by atoms with E-state index < -0.39 is 10.4 Å². The summed E-state index contributed by atoms with van der Waals surface area (Å²) >= 11 is 0. The van der Waals surface area contributed by atoms with Gasteiger partial charge in [-0.3, -0.25) is 8.42 Å². The summed E-state index contributed by atoms with van der Waals surface area (Å²) in [6.07, 6.45) is 0. The van der Waals surface area contributed by atoms with Gasteiger partial charge in [0.15, 0.2) is 0 Å². The van der Waals surface area contributed by atoms with Crippen molar-refractivity contribution in [1.82, 2.24) is 0 Å². The topological polar surface area (TPSA) is 80.3 Å². The Morgan fingerprint density at radius 2 is 1.14 bits per heavy atom. The first kappa shape index (κ1) is 16.1. The fraction of sp³-hybridized carbons (Fsp3) is 0. The first-order chi connectivity index (χ1) is 2.00. The second-order valence-corrected chi connectivity index (χ2v) is 1.22. The first-order valence-corrected chi connectivity index (χ1v) is 2.00. The van der Waals surface area contributed by atoms with E-state index in [9.17, 15) is 0 Å². The first-order valence-electron chi connectivity index (χ1n) is 0.667. The van der Waals surface area contributed by atoms with E-state index in [1.54, 1.807) is 0 Å². The Bertz CT molecular complexity index is 94.9. The van der Waals surface area contributed by atoms with Crippen LogP contribution in [0.2, 0.25) is 0 Å². The van der Waals surface area contributed by atoms with Crippen molar-refractivity contribution in [1.29, 1.82) is 0 Å². The predicted molar refractivity (Wildman–Crippen MR) is 16.2 cm³/mol. The van der Waals surface area contributed by atoms with Gasteiger partial charge < -0.3 is 9.11 Å². The molecule has 43 valence electrons. The van der Waals surface area contributed by atoms with Crippen molar-refractivity contribution >= 4 is 59.3 Å². The van der Waals surface area contributed by atoms with Crippen molar-refractivity contribution < 1.29 is 39.9 Å². The minimum absolute atomic E-state index is 0. The van der Waals surface area contributed by atoms with Crippen LogP contribution in [0, 0.1) is 0 Å². The van der Waals surface area contributed by atoms with Crippen LogP contribution in [0.15, 0.2) is 0 Å². The van der Waals surface area contributed by atoms with E-state index in [0.717, 1.165) is 0 Å². The maximum absolute atomic E-state index is 8.52. The van der Waals surface area contributed by atoms with Crippen LogP contribution >= 0.6 is 0 Å². The molecule has 0 unspecified atom stereocenters. The minimum atomic E-state index is -5.17. The fourth-order valence-corrected chi connectivity index (χ4v) is 0. The quantitative estimate of drug-likeness (QED) is 0.260. The molecule has 0 heterocycles. The van der Waals surface area contributed by atoms with Crippen LogP contribution in [0.4, 0.5) is 0 Å². The zero-order chi connectivity index (χ0) is 4.50. The zero-order valence-electron chi connectivity index (χ0n) is 3.05. The summed E-state index contributed by atoms with van der Waals surface area (Å²) in [6, 6.07) is 0. The van der Waals surface area contributed by atoms with Gasteiger partial charge in [-0.2, -0.15) is 0 Å². The van der Waals surface area contributed by atoms with Crippen molar-refractivity contribution in [3.8, 4) is 0 Å². The molecule has 0 N–H and O–H groups in total. The smallest absolute Gasteiger partial charge is 0.759 e. The van der Waals surface area contributed by atoms with Crippen LogP contribution < -0.4 is 0 Å². The third kappa shape index (κ3) is 65.7. The van der Waals surface area contributed by atoms with E-state index in [1.807, 2.05) is 0 Å². The van der Waals surface area contributed by atoms with Gasteiger partial charge in [-0.15, -0.1) is 0 Å². The molecule has 0 atom stereocenters. The van der Waals surface area contributed by atoms with Crippen LogP contribution in [0.1, 0.15) is 0 Å². The molecule has 0 aliphatic rings. The molecule has 0 saturated carbocycles. The van der Waals surface area contributed by atoms with E-state index in [-0.39, 0.29) is 71.3 Å². The number of hydrogen-bond acceptors (Lipinski definition) is 4. The summed E-state index contributed by atoms with van der Waals surface area (Å²) in [4.78, 5) is 0. The van der Waals surface area contributed by atoms with Crippen LogP contribution in [0.25, 0.3) is 0 Å². The SMILES string of the molecule is O=S(=O)([O-])[O-].[Au].[Ba+2]. The summed E-state index contributed by atoms with van der Waals surface area (Å²) in [5.41, 5.74) is 0. The molecule has 0 aromatic rings. The van der Waals surface area contributed by atoms with E-state index in [0.29, 0.717) is 0 Å². The van der Waals surface area contributed by atoms with E-state index >= 15 is 0 Å². The summed E-state index contributed by atoms with van der Waals surface area (Å²) in [7, 11) is -5.17. The van der Waals surface area contributed by atoms with Gasteiger partial charge >= 0.3 is 48.9 Å². The van der Waals surface area contributed by atoms with Crippen LogP contribution in [0.3, 0.4) is 0 Å². The zero-order valence-corrected chi connectivity index (χ0v) is 10.5. The summed E-state index contributed by atoms with van der Waals surface area (Å²) in [5, 5.41) is 0. The molecule has 0 aromatic carbocycles. The molecule has 7 heteroatoms. The predicted octanol–water partition coefficient (Wildman–Crippen LogP) is -1.72. The summed E-state index contributed by atoms with van der Waals surface area (Å²) in [6.45, 7) is 0. The van der Waals surface area contributed by atoms with Crippen LogP contribution in [0.5, 0.6) is 0 Å². The molecule has 0 aliphatic heterocycles. The molecule has 0 bridgehead atoms. The van der Waals surface area contributed by atoms with E-state index in [2.05, 4.69) is 0 Å². The Balaban J connectivity index is -0.0000000800. The number of rotatable bonds is 0. The molecular weight excluding hydrogens is 430 g/mol. The van der Waals surface area contributed by atoms with Crippen molar-refractivity contribution in [2.45, 2.75) is 0 Å². The Morgan fingerprint density at radius 1 is 1.14 bits per heavy atom. The largest absolute Gasteiger partial charge is 2.00 e. The van der Waals surface area contributed by atoms with Gasteiger partial charge in [0.2, 0.25) is 0 Å². The molecule has 0 spiro atoms. The summed E-state index contributed by atoms with van der Waals surface area (Å²) in [5.74, 6) is 0. The van der Waals surface area contributed by atoms with Crippen molar-refractivity contribution in [2.75, 3.05) is 0 Å². The third-order valence-electron chi connectivity index (χ3n) is 0. The third-order valence-corrected chi connectivity index (χ3v) is 0. The van der Waals surface area contributed by atoms with Gasteiger partial charge in [0.25, 0.3) is 0 Å². The molecule has 4 nitrogen and oxygen atoms in total. The average molecular weight is 430 g/mol. The van der Waals surface area contributed by atoms with Gasteiger partial charge in [-0.05, 0) is 0 Å². The molecule has 0 rings (SSSR count). The Labute approximate surface area is 97.2 Å². The molecular formula is AuBaO4S. The molecule has 7 heavy (non-hydrogen) atoms.